The molecule has 2 heterocycles. The van der Waals surface area contributed by atoms with E-state index < -0.39 is 45.5 Å². The molecule has 228 valence electrons. The number of fused-ring (bicyclic) bond motifs is 4. The predicted octanol–water partition coefficient (Wildman–Crippen LogP) is 4.19. The second-order valence-electron chi connectivity index (χ2n) is 11.6. The van der Waals surface area contributed by atoms with Gasteiger partial charge < -0.3 is 15.4 Å². The van der Waals surface area contributed by atoms with Crippen LogP contribution in [0.4, 0.5) is 19.0 Å². The average Bonchev–Trinajstić information content (AvgIpc) is 3.61. The van der Waals surface area contributed by atoms with E-state index >= 15 is 0 Å². The first kappa shape index (κ1) is 29.2. The maximum Gasteiger partial charge on any atom is 0.389 e. The van der Waals surface area contributed by atoms with Gasteiger partial charge >= 0.3 is 6.18 Å². The van der Waals surface area contributed by atoms with Crippen molar-refractivity contribution in [1.29, 1.82) is 0 Å². The molecule has 1 aliphatic heterocycles. The Morgan fingerprint density at radius 1 is 1.16 bits per heavy atom. The number of hydrogen-bond acceptors (Lipinski definition) is 6. The molecule has 0 fully saturated rings. The van der Waals surface area contributed by atoms with Crippen molar-refractivity contribution in [3.63, 3.8) is 0 Å². The minimum absolute atomic E-state index is 0.0576. The molecule has 1 atom stereocenters. The van der Waals surface area contributed by atoms with Crippen molar-refractivity contribution in [1.82, 2.24) is 15.1 Å². The molecule has 0 unspecified atom stereocenters. The lowest BCUT2D eigenvalue weighted by molar-refractivity contribution is -0.136. The van der Waals surface area contributed by atoms with Crippen molar-refractivity contribution in [2.24, 2.45) is 0 Å². The molecular formula is C30H31F3N4O5S. The highest BCUT2D eigenvalue weighted by Crippen LogP contribution is 2.45. The van der Waals surface area contributed by atoms with Gasteiger partial charge in [0.1, 0.15) is 22.9 Å². The second-order valence-corrected chi connectivity index (χ2v) is 13.7. The molecule has 3 aromatic rings. The van der Waals surface area contributed by atoms with Crippen LogP contribution in [0.25, 0.3) is 5.69 Å². The summed E-state index contributed by atoms with van der Waals surface area (Å²) in [7, 11) is -3.62. The number of amides is 2. The summed E-state index contributed by atoms with van der Waals surface area (Å²) in [5, 5.41) is 10.7. The van der Waals surface area contributed by atoms with Gasteiger partial charge in [-0.3, -0.25) is 9.59 Å². The number of carbonyl (C=O) groups excluding carboxylic acids is 2. The molecular weight excluding hydrogens is 585 g/mol. The van der Waals surface area contributed by atoms with Crippen LogP contribution in [0.1, 0.15) is 64.0 Å². The maximum atomic E-state index is 13.8. The summed E-state index contributed by atoms with van der Waals surface area (Å²) in [6.07, 6.45) is -0.0766. The normalized spacial score (nSPS) is 19.1. The third-order valence-corrected chi connectivity index (χ3v) is 9.08. The summed E-state index contributed by atoms with van der Waals surface area (Å²) in [4.78, 5) is 26.6. The first-order valence-corrected chi connectivity index (χ1v) is 16.2. The molecule has 1 aromatic heterocycles. The molecule has 13 heteroatoms. The van der Waals surface area contributed by atoms with Crippen molar-refractivity contribution in [2.45, 2.75) is 63.1 Å². The number of ether oxygens (including phenoxy) is 1. The van der Waals surface area contributed by atoms with Crippen LogP contribution in [0, 0.1) is 0 Å². The summed E-state index contributed by atoms with van der Waals surface area (Å²) in [6.45, 7) is -0.0576. The van der Waals surface area contributed by atoms with Gasteiger partial charge in [-0.15, -0.1) is 0 Å². The monoisotopic (exact) mass is 616 g/mol. The Kier molecular flexibility index (Phi) is 7.26. The van der Waals surface area contributed by atoms with Gasteiger partial charge in [0.05, 0.1) is 23.5 Å². The quantitative estimate of drug-likeness (QED) is 0.367. The molecule has 2 aromatic carbocycles. The van der Waals surface area contributed by atoms with Gasteiger partial charge in [-0.05, 0) is 79.0 Å². The van der Waals surface area contributed by atoms with E-state index in [-0.39, 0.29) is 24.4 Å². The largest absolute Gasteiger partial charge is 0.494 e. The molecule has 0 saturated heterocycles. The van der Waals surface area contributed by atoms with Crippen LogP contribution in [0.2, 0.25) is 0 Å². The first-order valence-electron chi connectivity index (χ1n) is 14.2. The van der Waals surface area contributed by atoms with E-state index in [1.807, 2.05) is 30.3 Å². The highest BCUT2D eigenvalue weighted by molar-refractivity contribution is 7.91. The van der Waals surface area contributed by atoms with Crippen LogP contribution in [-0.4, -0.2) is 54.8 Å². The SMILES string of the molecule is CS(=O)(=O)CC(=O)Nc1c2c(nn1-c1cccc3c1CCC3)C[C@]1(CCc3cc(OCCCC(F)(F)F)ccc31)NC2=O. The van der Waals surface area contributed by atoms with Gasteiger partial charge in [-0.2, -0.15) is 18.3 Å². The zero-order chi connectivity index (χ0) is 30.6. The van der Waals surface area contributed by atoms with E-state index in [1.165, 1.54) is 5.56 Å². The number of sulfone groups is 1. The number of anilines is 1. The summed E-state index contributed by atoms with van der Waals surface area (Å²) in [5.74, 6) is -1.33. The van der Waals surface area contributed by atoms with E-state index in [1.54, 1.807) is 10.7 Å². The number of aromatic nitrogens is 2. The minimum atomic E-state index is -4.23. The Bertz CT molecular complexity index is 1730. The molecule has 0 bridgehead atoms. The number of nitrogens with one attached hydrogen (secondary N) is 2. The molecule has 6 rings (SSSR count). The summed E-state index contributed by atoms with van der Waals surface area (Å²) >= 11 is 0. The van der Waals surface area contributed by atoms with Crippen molar-refractivity contribution < 1.29 is 35.9 Å². The molecule has 2 amide bonds. The molecule has 0 saturated carbocycles. The lowest BCUT2D eigenvalue weighted by atomic mass is 9.82. The Balaban J connectivity index is 1.33. The van der Waals surface area contributed by atoms with Crippen LogP contribution < -0.4 is 15.4 Å². The smallest absolute Gasteiger partial charge is 0.389 e. The van der Waals surface area contributed by atoms with Gasteiger partial charge in [-0.1, -0.05) is 18.2 Å². The van der Waals surface area contributed by atoms with Crippen molar-refractivity contribution >= 4 is 27.5 Å². The third kappa shape index (κ3) is 5.86. The predicted molar refractivity (Wildman–Crippen MR) is 152 cm³/mol. The first-order chi connectivity index (χ1) is 20.3. The molecule has 2 aliphatic carbocycles. The van der Waals surface area contributed by atoms with Crippen LogP contribution in [0.15, 0.2) is 36.4 Å². The highest BCUT2D eigenvalue weighted by atomic mass is 32.2. The molecule has 2 N–H and O–H groups in total. The number of nitrogens with zero attached hydrogens (tertiary/aromatic N) is 2. The van der Waals surface area contributed by atoms with Gasteiger partial charge in [0.15, 0.2) is 9.84 Å². The van der Waals surface area contributed by atoms with Crippen LogP contribution in [0.5, 0.6) is 5.75 Å². The van der Waals surface area contributed by atoms with E-state index in [0.717, 1.165) is 47.9 Å². The molecule has 0 radical (unpaired) electrons. The lowest BCUT2D eigenvalue weighted by Crippen LogP contribution is -2.49. The van der Waals surface area contributed by atoms with E-state index in [0.29, 0.717) is 30.7 Å². The summed E-state index contributed by atoms with van der Waals surface area (Å²) in [5.41, 5.74) is 4.70. The second kappa shape index (κ2) is 10.7. The average molecular weight is 617 g/mol. The Labute approximate surface area is 246 Å². The number of rotatable bonds is 8. The number of carbonyl (C=O) groups is 2. The van der Waals surface area contributed by atoms with Gasteiger partial charge in [0, 0.05) is 19.1 Å². The number of hydrogen-bond donors (Lipinski definition) is 2. The standard InChI is InChI=1S/C30H31F3N4O5S/c1-43(40,41)17-25(38)34-27-26-23(36-37(27)24-8-3-6-18-5-2-7-21(18)24)16-29(35-28(26)39)13-11-19-15-20(9-10-22(19)29)42-14-4-12-30(31,32)33/h3,6,8-10,15H,2,4-5,7,11-14,16-17H2,1H3,(H,34,38)(H,35,39)/t29-/m0/s1. The molecule has 3 aliphatic rings. The van der Waals surface area contributed by atoms with Crippen molar-refractivity contribution in [3.05, 3.63) is 69.9 Å². The maximum absolute atomic E-state index is 13.8. The van der Waals surface area contributed by atoms with E-state index in [9.17, 15) is 31.2 Å². The minimum Gasteiger partial charge on any atom is -0.494 e. The zero-order valence-corrected chi connectivity index (χ0v) is 24.3. The van der Waals surface area contributed by atoms with Gasteiger partial charge in [0.2, 0.25) is 5.91 Å². The number of alkyl halides is 3. The number of benzene rings is 2. The Hall–Kier alpha value is -3.87. The topological polar surface area (TPSA) is 119 Å². The Morgan fingerprint density at radius 3 is 2.74 bits per heavy atom. The summed E-state index contributed by atoms with van der Waals surface area (Å²) in [6, 6.07) is 11.2. The van der Waals surface area contributed by atoms with Gasteiger partial charge in [0.25, 0.3) is 5.91 Å². The number of halogens is 3. The van der Waals surface area contributed by atoms with E-state index in [2.05, 4.69) is 10.6 Å². The van der Waals surface area contributed by atoms with Crippen LogP contribution in [-0.2, 0) is 45.9 Å². The fourth-order valence-electron chi connectivity index (χ4n) is 6.52. The molecule has 43 heavy (non-hydrogen) atoms. The fraction of sp³-hybridized carbons (Fsp3) is 0.433. The van der Waals surface area contributed by atoms with Crippen molar-refractivity contribution in [3.8, 4) is 11.4 Å². The lowest BCUT2D eigenvalue weighted by Gasteiger charge is -2.35. The van der Waals surface area contributed by atoms with E-state index in [4.69, 9.17) is 9.84 Å². The highest BCUT2D eigenvalue weighted by Gasteiger charge is 2.47. The molecule has 9 nitrogen and oxygen atoms in total. The molecule has 1 spiro atoms. The summed E-state index contributed by atoms with van der Waals surface area (Å²) < 4.78 is 68.2. The van der Waals surface area contributed by atoms with Gasteiger partial charge in [-0.25, -0.2) is 13.1 Å². The fourth-order valence-corrected chi connectivity index (χ4v) is 7.07. The number of aryl methyl sites for hydroxylation is 2. The van der Waals surface area contributed by atoms with Crippen molar-refractivity contribution in [2.75, 3.05) is 23.9 Å². The van der Waals surface area contributed by atoms with Crippen LogP contribution >= 0.6 is 0 Å². The third-order valence-electron chi connectivity index (χ3n) is 8.29. The zero-order valence-electron chi connectivity index (χ0n) is 23.5. The van der Waals surface area contributed by atoms with Crippen LogP contribution in [0.3, 0.4) is 0 Å². The Morgan fingerprint density at radius 2 is 1.98 bits per heavy atom.